The predicted molar refractivity (Wildman–Crippen MR) is 173 cm³/mol. The Balaban J connectivity index is 1.43. The highest BCUT2D eigenvalue weighted by Gasteiger charge is 2.49. The molecule has 12 heteroatoms. The second-order valence-electron chi connectivity index (χ2n) is 10.00. The number of ketones is 1. The summed E-state index contributed by atoms with van der Waals surface area (Å²) in [5.41, 5.74) is 3.83. The number of halogens is 1. The molecule has 222 valence electrons. The van der Waals surface area contributed by atoms with E-state index >= 15 is 0 Å². The van der Waals surface area contributed by atoms with Gasteiger partial charge in [0.25, 0.3) is 5.78 Å². The number of aromatic nitrogens is 4. The zero-order valence-electron chi connectivity index (χ0n) is 23.7. The summed E-state index contributed by atoms with van der Waals surface area (Å²) in [6.07, 6.45) is 3.47. The van der Waals surface area contributed by atoms with Crippen LogP contribution in [0.5, 0.6) is 5.75 Å². The molecule has 5 aromatic rings. The summed E-state index contributed by atoms with van der Waals surface area (Å²) < 4.78 is 8.07. The van der Waals surface area contributed by atoms with Crippen molar-refractivity contribution in [1.82, 2.24) is 19.6 Å². The van der Waals surface area contributed by atoms with E-state index in [1.54, 1.807) is 37.3 Å². The normalized spacial score (nSPS) is 16.2. The second-order valence-corrected chi connectivity index (χ2v) is 12.6. The molecule has 1 aliphatic rings. The minimum atomic E-state index is -0.983. The number of carbonyl (C=O) groups is 2. The molecule has 6 rings (SSSR count). The van der Waals surface area contributed by atoms with Crippen molar-refractivity contribution in [2.75, 3.05) is 11.5 Å². The lowest BCUT2D eigenvalue weighted by molar-refractivity contribution is -0.132. The maximum atomic E-state index is 13.7. The summed E-state index contributed by atoms with van der Waals surface area (Å²) in [4.78, 5) is 33.3. The van der Waals surface area contributed by atoms with Gasteiger partial charge in [0.05, 0.1) is 17.3 Å². The lowest BCUT2D eigenvalue weighted by Gasteiger charge is -2.22. The third kappa shape index (κ3) is 5.38. The molecule has 1 aliphatic heterocycles. The Morgan fingerprint density at radius 1 is 1.11 bits per heavy atom. The molecule has 0 bridgehead atoms. The van der Waals surface area contributed by atoms with Crippen LogP contribution in [0.3, 0.4) is 0 Å². The Bertz CT molecular complexity index is 1950. The summed E-state index contributed by atoms with van der Waals surface area (Å²) in [6.45, 7) is 7.71. The Hall–Kier alpha value is -4.45. The minimum absolute atomic E-state index is 0.0839. The van der Waals surface area contributed by atoms with E-state index in [0.29, 0.717) is 44.4 Å². The molecular formula is C32H26ClN5O4S2. The van der Waals surface area contributed by atoms with Gasteiger partial charge in [-0.3, -0.25) is 14.5 Å². The van der Waals surface area contributed by atoms with E-state index in [4.69, 9.17) is 16.3 Å². The first kappa shape index (κ1) is 29.6. The third-order valence-electron chi connectivity index (χ3n) is 7.23. The van der Waals surface area contributed by atoms with Crippen molar-refractivity contribution in [3.8, 4) is 5.75 Å². The smallest absolute Gasteiger partial charge is 0.301 e. The quantitative estimate of drug-likeness (QED) is 0.0459. The first-order valence-corrected chi connectivity index (χ1v) is 15.8. The van der Waals surface area contributed by atoms with Crippen LogP contribution in [0.1, 0.15) is 34.1 Å². The molecule has 1 fully saturated rings. The summed E-state index contributed by atoms with van der Waals surface area (Å²) in [7, 11) is 0. The van der Waals surface area contributed by atoms with Crippen LogP contribution >= 0.6 is 34.7 Å². The van der Waals surface area contributed by atoms with Crippen molar-refractivity contribution >= 4 is 62.9 Å². The number of rotatable bonds is 9. The molecule has 0 saturated carbocycles. The van der Waals surface area contributed by atoms with E-state index in [9.17, 15) is 14.7 Å². The first-order chi connectivity index (χ1) is 21.3. The number of anilines is 1. The van der Waals surface area contributed by atoms with E-state index in [1.165, 1.54) is 28.0 Å². The Labute approximate surface area is 266 Å². The number of aliphatic hydroxyl groups excluding tert-OH is 1. The van der Waals surface area contributed by atoms with Gasteiger partial charge in [0.1, 0.15) is 23.7 Å². The average Bonchev–Trinajstić information content (AvgIpc) is 3.71. The van der Waals surface area contributed by atoms with Crippen LogP contribution in [0, 0.1) is 13.8 Å². The van der Waals surface area contributed by atoms with E-state index in [2.05, 4.69) is 21.8 Å². The fourth-order valence-corrected chi connectivity index (χ4v) is 7.19. The number of hydrogen-bond acceptors (Lipinski definition) is 9. The Morgan fingerprint density at radius 3 is 2.61 bits per heavy atom. The van der Waals surface area contributed by atoms with Crippen LogP contribution in [-0.4, -0.2) is 43.0 Å². The number of thioether (sulfide) groups is 1. The van der Waals surface area contributed by atoms with Crippen molar-refractivity contribution in [3.05, 3.63) is 118 Å². The Kier molecular flexibility index (Phi) is 8.26. The monoisotopic (exact) mass is 643 g/mol. The topological polar surface area (TPSA) is 110 Å². The highest BCUT2D eigenvalue weighted by molar-refractivity contribution is 8.00. The number of carbonyl (C=O) groups excluding carboxylic acids is 2. The maximum absolute atomic E-state index is 13.7. The minimum Gasteiger partial charge on any atom is -0.505 e. The van der Waals surface area contributed by atoms with Gasteiger partial charge in [-0.25, -0.2) is 4.98 Å². The molecule has 44 heavy (non-hydrogen) atoms. The van der Waals surface area contributed by atoms with Crippen molar-refractivity contribution < 1.29 is 19.4 Å². The van der Waals surface area contributed by atoms with Gasteiger partial charge < -0.3 is 14.2 Å². The van der Waals surface area contributed by atoms with Gasteiger partial charge in [-0.2, -0.15) is 0 Å². The molecule has 1 unspecified atom stereocenters. The summed E-state index contributed by atoms with van der Waals surface area (Å²) >= 11 is 8.92. The van der Waals surface area contributed by atoms with Crippen molar-refractivity contribution in [2.24, 2.45) is 0 Å². The predicted octanol–water partition coefficient (Wildman–Crippen LogP) is 6.94. The molecule has 1 amide bonds. The second kappa shape index (κ2) is 12.3. The van der Waals surface area contributed by atoms with Gasteiger partial charge in [0, 0.05) is 17.0 Å². The number of ether oxygens (including phenoxy) is 1. The third-order valence-corrected chi connectivity index (χ3v) is 9.70. The largest absolute Gasteiger partial charge is 0.505 e. The van der Waals surface area contributed by atoms with Crippen molar-refractivity contribution in [1.29, 1.82) is 0 Å². The number of aryl methyl sites for hydroxylation is 2. The number of Topliss-reactive ketones (excluding diaryl/α,β-unsaturated/α-hetero) is 1. The molecule has 9 nitrogen and oxygen atoms in total. The number of amides is 1. The maximum Gasteiger partial charge on any atom is 0.301 e. The van der Waals surface area contributed by atoms with E-state index in [-0.39, 0.29) is 22.2 Å². The van der Waals surface area contributed by atoms with Gasteiger partial charge in [-0.05, 0) is 54.8 Å². The lowest BCUT2D eigenvalue weighted by atomic mass is 9.96. The number of fused-ring (bicyclic) bond motifs is 1. The van der Waals surface area contributed by atoms with Crippen molar-refractivity contribution in [2.45, 2.75) is 30.0 Å². The van der Waals surface area contributed by atoms with Crippen LogP contribution in [0.2, 0.25) is 5.02 Å². The first-order valence-electron chi connectivity index (χ1n) is 13.6. The number of imidazole rings is 1. The van der Waals surface area contributed by atoms with Gasteiger partial charge in [0.15, 0.2) is 10.1 Å². The fourth-order valence-electron chi connectivity index (χ4n) is 5.03. The van der Waals surface area contributed by atoms with Gasteiger partial charge in [0.2, 0.25) is 5.13 Å². The molecule has 1 saturated heterocycles. The highest BCUT2D eigenvalue weighted by Crippen LogP contribution is 2.44. The number of pyridine rings is 1. The van der Waals surface area contributed by atoms with Crippen molar-refractivity contribution in [3.63, 3.8) is 0 Å². The molecule has 4 heterocycles. The average molecular weight is 644 g/mol. The fraction of sp³-hybridized carbons (Fsp3) is 0.156. The van der Waals surface area contributed by atoms with Gasteiger partial charge in [-0.1, -0.05) is 83.8 Å². The molecule has 3 aromatic heterocycles. The van der Waals surface area contributed by atoms with Gasteiger partial charge >= 0.3 is 5.91 Å². The van der Waals surface area contributed by atoms with Crippen LogP contribution in [0.4, 0.5) is 5.13 Å². The van der Waals surface area contributed by atoms with Crippen LogP contribution in [0.25, 0.3) is 11.4 Å². The highest BCUT2D eigenvalue weighted by atomic mass is 35.5. The number of aliphatic hydroxyl groups is 1. The molecule has 2 aromatic carbocycles. The number of hydrogen-bond donors (Lipinski definition) is 1. The molecule has 0 radical (unpaired) electrons. The molecule has 0 aliphatic carbocycles. The molecule has 1 N–H and O–H groups in total. The van der Waals surface area contributed by atoms with Crippen LogP contribution in [0.15, 0.2) is 89.4 Å². The zero-order valence-corrected chi connectivity index (χ0v) is 26.1. The molecular weight excluding hydrogens is 618 g/mol. The molecule has 0 spiro atoms. The van der Waals surface area contributed by atoms with E-state index in [1.807, 2.05) is 53.9 Å². The zero-order chi connectivity index (χ0) is 31.0. The van der Waals surface area contributed by atoms with E-state index in [0.717, 1.165) is 11.1 Å². The van der Waals surface area contributed by atoms with Gasteiger partial charge in [-0.15, -0.1) is 10.2 Å². The SMILES string of the molecule is C=CCOc1ccc(C2/C(=C(\O)c3nc4c(C)cccn4c3C)C(=O)C(=O)N2c2nnc(SCc3ccccc3Cl)s2)cc1. The standard InChI is InChI=1S/C32H26ClN5O4S2/c1-4-16-42-22-13-11-20(12-14-22)26-24(27(39)25-19(3)37-15-7-8-18(2)29(37)34-25)28(40)30(41)38(26)31-35-36-32(44-31)43-17-21-9-5-6-10-23(21)33/h4-15,26,39H,1,16-17H2,2-3H3/b27-24+. The summed E-state index contributed by atoms with van der Waals surface area (Å²) in [5, 5.41) is 21.2. The Morgan fingerprint density at radius 2 is 1.89 bits per heavy atom. The number of nitrogens with zero attached hydrogens (tertiary/aromatic N) is 5. The summed E-state index contributed by atoms with van der Waals surface area (Å²) in [6, 6.07) is 17.3. The molecule has 1 atom stereocenters. The van der Waals surface area contributed by atoms with Crippen LogP contribution in [-0.2, 0) is 15.3 Å². The summed E-state index contributed by atoms with van der Waals surface area (Å²) in [5.74, 6) is -0.879. The van der Waals surface area contributed by atoms with E-state index < -0.39 is 17.7 Å². The lowest BCUT2D eigenvalue weighted by Crippen LogP contribution is -2.29. The van der Waals surface area contributed by atoms with Crippen LogP contribution < -0.4 is 9.64 Å². The number of benzene rings is 2.